The second-order valence-corrected chi connectivity index (χ2v) is 6.19. The van der Waals surface area contributed by atoms with Gasteiger partial charge in [0.15, 0.2) is 5.54 Å². The number of carbonyl (C=O) groups is 2. The molecule has 26 heavy (non-hydrogen) atoms. The third kappa shape index (κ3) is 3.83. The van der Waals surface area contributed by atoms with Crippen LogP contribution in [0.2, 0.25) is 5.02 Å². The van der Waals surface area contributed by atoms with Gasteiger partial charge in [-0.25, -0.2) is 14.6 Å². The van der Waals surface area contributed by atoms with Crippen LogP contribution in [0.1, 0.15) is 11.1 Å². The quantitative estimate of drug-likeness (QED) is 0.599. The molecule has 1 aliphatic heterocycles. The van der Waals surface area contributed by atoms with Gasteiger partial charge in [0.2, 0.25) is 5.90 Å². The fraction of sp³-hybridized carbons (Fsp3) is 0.150. The molecule has 0 fully saturated rings. The highest BCUT2D eigenvalue weighted by Gasteiger charge is 2.44. The number of halogens is 1. The summed E-state index contributed by atoms with van der Waals surface area (Å²) in [5, 5.41) is 0.593. The van der Waals surface area contributed by atoms with Crippen LogP contribution in [0.3, 0.4) is 0 Å². The van der Waals surface area contributed by atoms with Crippen molar-refractivity contribution in [3.63, 3.8) is 0 Å². The minimum absolute atomic E-state index is 0.221. The van der Waals surface area contributed by atoms with Gasteiger partial charge in [-0.1, -0.05) is 41.9 Å². The lowest BCUT2D eigenvalue weighted by Crippen LogP contribution is -2.34. The van der Waals surface area contributed by atoms with Crippen LogP contribution in [-0.4, -0.2) is 30.5 Å². The Morgan fingerprint density at radius 1 is 1.19 bits per heavy atom. The lowest BCUT2D eigenvalue weighted by Gasteiger charge is -2.17. The van der Waals surface area contributed by atoms with Gasteiger partial charge in [-0.3, -0.25) is 0 Å². The molecule has 0 saturated carbocycles. The first kappa shape index (κ1) is 17.9. The molecule has 3 rings (SSSR count). The minimum Gasteiger partial charge on any atom is -0.466 e. The third-order valence-electron chi connectivity index (χ3n) is 3.95. The molecule has 0 N–H and O–H groups in total. The van der Waals surface area contributed by atoms with E-state index in [-0.39, 0.29) is 12.3 Å². The summed E-state index contributed by atoms with van der Waals surface area (Å²) < 4.78 is 10.0. The highest BCUT2D eigenvalue weighted by Crippen LogP contribution is 2.29. The second-order valence-electron chi connectivity index (χ2n) is 5.76. The van der Waals surface area contributed by atoms with E-state index in [1.807, 2.05) is 18.2 Å². The molecule has 0 bridgehead atoms. The number of hydrogen-bond acceptors (Lipinski definition) is 5. The number of esters is 2. The van der Waals surface area contributed by atoms with Crippen LogP contribution in [0.25, 0.3) is 0 Å². The molecular formula is C20H16ClNO4. The summed E-state index contributed by atoms with van der Waals surface area (Å²) >= 11 is 5.92. The molecule has 0 amide bonds. The van der Waals surface area contributed by atoms with Crippen LogP contribution in [-0.2, 0) is 25.5 Å². The van der Waals surface area contributed by atoms with Gasteiger partial charge in [0.1, 0.15) is 0 Å². The predicted molar refractivity (Wildman–Crippen MR) is 98.1 cm³/mol. The van der Waals surface area contributed by atoms with Crippen molar-refractivity contribution in [2.75, 3.05) is 7.11 Å². The Kier molecular flexibility index (Phi) is 5.19. The molecule has 0 unspecified atom stereocenters. The Morgan fingerprint density at radius 3 is 2.54 bits per heavy atom. The summed E-state index contributed by atoms with van der Waals surface area (Å²) in [7, 11) is 1.27. The van der Waals surface area contributed by atoms with Crippen molar-refractivity contribution < 1.29 is 19.1 Å². The van der Waals surface area contributed by atoms with Crippen LogP contribution >= 0.6 is 11.6 Å². The van der Waals surface area contributed by atoms with Crippen LogP contribution in [0.15, 0.2) is 71.7 Å². The van der Waals surface area contributed by atoms with Crippen LogP contribution < -0.4 is 0 Å². The first-order valence-corrected chi connectivity index (χ1v) is 8.29. The Hall–Kier alpha value is -2.92. The Bertz CT molecular complexity index is 874. The van der Waals surface area contributed by atoms with Crippen molar-refractivity contribution in [2.45, 2.75) is 12.0 Å². The average molecular weight is 370 g/mol. The van der Waals surface area contributed by atoms with E-state index in [4.69, 9.17) is 16.3 Å². The third-order valence-corrected chi connectivity index (χ3v) is 4.20. The lowest BCUT2D eigenvalue weighted by atomic mass is 9.91. The van der Waals surface area contributed by atoms with Crippen molar-refractivity contribution in [1.82, 2.24) is 0 Å². The largest absolute Gasteiger partial charge is 0.466 e. The monoisotopic (exact) mass is 369 g/mol. The van der Waals surface area contributed by atoms with E-state index >= 15 is 0 Å². The summed E-state index contributed by atoms with van der Waals surface area (Å²) in [4.78, 5) is 28.7. The topological polar surface area (TPSA) is 65.0 Å². The van der Waals surface area contributed by atoms with Crippen molar-refractivity contribution in [3.05, 3.63) is 82.9 Å². The molecule has 1 atom stereocenters. The van der Waals surface area contributed by atoms with Crippen LogP contribution in [0.4, 0.5) is 0 Å². The number of aliphatic imine (C=N–C) groups is 1. The smallest absolute Gasteiger partial charge is 0.345 e. The molecule has 5 nitrogen and oxygen atoms in total. The van der Waals surface area contributed by atoms with Crippen molar-refractivity contribution >= 4 is 29.4 Å². The normalized spacial score (nSPS) is 19.3. The maximum atomic E-state index is 12.7. The SMILES string of the molecule is COC(=O)/C=C\[C@]1(Cc2ccc(Cl)cc2)N=C(c2ccccc2)OC1=O. The first-order valence-electron chi connectivity index (χ1n) is 7.91. The molecule has 0 aromatic heterocycles. The molecule has 6 heteroatoms. The van der Waals surface area contributed by atoms with E-state index in [9.17, 15) is 9.59 Å². The Morgan fingerprint density at radius 2 is 1.88 bits per heavy atom. The van der Waals surface area contributed by atoms with Crippen molar-refractivity contribution in [1.29, 1.82) is 0 Å². The number of cyclic esters (lactones) is 1. The van der Waals surface area contributed by atoms with Gasteiger partial charge in [0, 0.05) is 23.1 Å². The number of nitrogens with zero attached hydrogens (tertiary/aromatic N) is 1. The highest BCUT2D eigenvalue weighted by molar-refractivity contribution is 6.30. The average Bonchev–Trinajstić information content (AvgIpc) is 2.99. The standard InChI is InChI=1S/C20H16ClNO4/c1-25-17(23)11-12-20(13-14-7-9-16(21)10-8-14)19(24)26-18(22-20)15-5-3-2-4-6-15/h2-12H,13H2,1H3/b12-11-/t20-/m1/s1. The highest BCUT2D eigenvalue weighted by atomic mass is 35.5. The molecule has 132 valence electrons. The van der Waals surface area contributed by atoms with Gasteiger partial charge < -0.3 is 9.47 Å². The molecule has 2 aromatic rings. The van der Waals surface area contributed by atoms with Crippen LogP contribution in [0, 0.1) is 0 Å². The first-order chi connectivity index (χ1) is 12.5. The molecule has 0 spiro atoms. The summed E-state index contributed by atoms with van der Waals surface area (Å²) in [6.07, 6.45) is 2.84. The van der Waals surface area contributed by atoms with E-state index in [0.717, 1.165) is 5.56 Å². The van der Waals surface area contributed by atoms with Gasteiger partial charge in [0.25, 0.3) is 0 Å². The summed E-state index contributed by atoms with van der Waals surface area (Å²) in [5.41, 5.74) is 0.178. The van der Waals surface area contributed by atoms with Gasteiger partial charge in [-0.15, -0.1) is 0 Å². The Balaban J connectivity index is 2.01. The Labute approximate surface area is 155 Å². The zero-order valence-electron chi connectivity index (χ0n) is 14.0. The number of benzene rings is 2. The molecular weight excluding hydrogens is 354 g/mol. The second kappa shape index (κ2) is 7.54. The summed E-state index contributed by atoms with van der Waals surface area (Å²) in [6, 6.07) is 16.2. The van der Waals surface area contributed by atoms with Crippen LogP contribution in [0.5, 0.6) is 0 Å². The van der Waals surface area contributed by atoms with E-state index in [1.54, 1.807) is 36.4 Å². The van der Waals surface area contributed by atoms with Crippen molar-refractivity contribution in [2.24, 2.45) is 4.99 Å². The summed E-state index contributed by atoms with van der Waals surface area (Å²) in [5.74, 6) is -0.901. The minimum atomic E-state index is -1.34. The van der Waals surface area contributed by atoms with E-state index < -0.39 is 17.5 Å². The number of carbonyl (C=O) groups excluding carboxylic acids is 2. The van der Waals surface area contributed by atoms with Crippen molar-refractivity contribution in [3.8, 4) is 0 Å². The van der Waals surface area contributed by atoms with Gasteiger partial charge in [-0.05, 0) is 35.9 Å². The lowest BCUT2D eigenvalue weighted by molar-refractivity contribution is -0.137. The predicted octanol–water partition coefficient (Wildman–Crippen LogP) is 3.35. The van der Waals surface area contributed by atoms with Gasteiger partial charge >= 0.3 is 11.9 Å². The number of methoxy groups -OCH3 is 1. The zero-order chi connectivity index (χ0) is 18.6. The number of rotatable bonds is 5. The molecule has 1 heterocycles. The fourth-order valence-electron chi connectivity index (χ4n) is 2.59. The van der Waals surface area contributed by atoms with E-state index in [0.29, 0.717) is 10.6 Å². The molecule has 0 radical (unpaired) electrons. The van der Waals surface area contributed by atoms with E-state index in [1.165, 1.54) is 19.3 Å². The maximum Gasteiger partial charge on any atom is 0.345 e. The summed E-state index contributed by atoms with van der Waals surface area (Å²) in [6.45, 7) is 0. The van der Waals surface area contributed by atoms with Gasteiger partial charge in [-0.2, -0.15) is 0 Å². The maximum absolute atomic E-state index is 12.7. The molecule has 0 aliphatic carbocycles. The molecule has 0 saturated heterocycles. The zero-order valence-corrected chi connectivity index (χ0v) is 14.8. The fourth-order valence-corrected chi connectivity index (χ4v) is 2.72. The van der Waals surface area contributed by atoms with E-state index in [2.05, 4.69) is 9.73 Å². The number of hydrogen-bond donors (Lipinski definition) is 0. The number of ether oxygens (including phenoxy) is 2. The van der Waals surface area contributed by atoms with Gasteiger partial charge in [0.05, 0.1) is 7.11 Å². The molecule has 1 aliphatic rings. The molecule has 2 aromatic carbocycles.